The van der Waals surface area contributed by atoms with Crippen LogP contribution in [-0.2, 0) is 0 Å². The van der Waals surface area contributed by atoms with Gasteiger partial charge in [0.25, 0.3) is 0 Å². The number of nitrogens with zero attached hydrogens (tertiary/aromatic N) is 2. The SMILES string of the molecule is Cc1csc(C(C)Nc2cccc(Cl)c2[N+](=O)[O-])n1. The molecular formula is C12H12ClN3O2S. The van der Waals surface area contributed by atoms with Gasteiger partial charge in [-0.2, -0.15) is 0 Å². The van der Waals surface area contributed by atoms with Crippen LogP contribution in [-0.4, -0.2) is 9.91 Å². The van der Waals surface area contributed by atoms with Crippen molar-refractivity contribution in [2.75, 3.05) is 5.32 Å². The van der Waals surface area contributed by atoms with Crippen LogP contribution in [0.1, 0.15) is 23.7 Å². The van der Waals surface area contributed by atoms with Gasteiger partial charge in [0, 0.05) is 11.1 Å². The van der Waals surface area contributed by atoms with Crippen molar-refractivity contribution in [2.45, 2.75) is 19.9 Å². The number of hydrogen-bond acceptors (Lipinski definition) is 5. The molecule has 2 aromatic rings. The molecule has 1 N–H and O–H groups in total. The Morgan fingerprint density at radius 1 is 1.53 bits per heavy atom. The third-order valence-corrected chi connectivity index (χ3v) is 4.00. The maximum Gasteiger partial charge on any atom is 0.310 e. The van der Waals surface area contributed by atoms with Crippen molar-refractivity contribution in [3.8, 4) is 0 Å². The second-order valence-corrected chi connectivity index (χ2v) is 5.38. The Kier molecular flexibility index (Phi) is 4.01. The van der Waals surface area contributed by atoms with E-state index in [4.69, 9.17) is 11.6 Å². The third-order valence-electron chi connectivity index (χ3n) is 2.55. The lowest BCUT2D eigenvalue weighted by Gasteiger charge is -2.13. The van der Waals surface area contributed by atoms with Crippen molar-refractivity contribution in [1.82, 2.24) is 4.98 Å². The summed E-state index contributed by atoms with van der Waals surface area (Å²) in [6.45, 7) is 3.82. The highest BCUT2D eigenvalue weighted by Gasteiger charge is 2.20. The zero-order valence-electron chi connectivity index (χ0n) is 10.4. The van der Waals surface area contributed by atoms with Crippen LogP contribution < -0.4 is 5.32 Å². The molecule has 19 heavy (non-hydrogen) atoms. The van der Waals surface area contributed by atoms with Gasteiger partial charge in [0.15, 0.2) is 0 Å². The van der Waals surface area contributed by atoms with Gasteiger partial charge in [0.1, 0.15) is 15.7 Å². The molecule has 7 heteroatoms. The molecule has 0 aliphatic carbocycles. The zero-order valence-corrected chi connectivity index (χ0v) is 12.0. The molecule has 0 fully saturated rings. The molecule has 100 valence electrons. The first-order chi connectivity index (χ1) is 8.99. The van der Waals surface area contributed by atoms with Crippen LogP contribution in [0.5, 0.6) is 0 Å². The topological polar surface area (TPSA) is 68.1 Å². The normalized spacial score (nSPS) is 12.2. The smallest absolute Gasteiger partial charge is 0.310 e. The minimum atomic E-state index is -0.482. The van der Waals surface area contributed by atoms with Gasteiger partial charge in [0.2, 0.25) is 0 Å². The first-order valence-corrected chi connectivity index (χ1v) is 6.86. The molecule has 2 rings (SSSR count). The van der Waals surface area contributed by atoms with Crippen LogP contribution >= 0.6 is 22.9 Å². The molecule has 0 spiro atoms. The molecule has 1 atom stereocenters. The quantitative estimate of drug-likeness (QED) is 0.679. The first-order valence-electron chi connectivity index (χ1n) is 5.60. The van der Waals surface area contributed by atoms with Gasteiger partial charge in [0.05, 0.1) is 11.0 Å². The molecular weight excluding hydrogens is 286 g/mol. The standard InChI is InChI=1S/C12H12ClN3O2S/c1-7-6-19-12(14-7)8(2)15-10-5-3-4-9(13)11(10)16(17)18/h3-6,8,15H,1-2H3. The van der Waals surface area contributed by atoms with E-state index < -0.39 is 4.92 Å². The molecule has 1 aromatic heterocycles. The van der Waals surface area contributed by atoms with Crippen LogP contribution in [0.25, 0.3) is 0 Å². The average Bonchev–Trinajstić information content (AvgIpc) is 2.75. The van der Waals surface area contributed by atoms with Crippen LogP contribution in [0, 0.1) is 17.0 Å². The number of hydrogen-bond donors (Lipinski definition) is 1. The summed E-state index contributed by atoms with van der Waals surface area (Å²) in [5, 5.41) is 17.1. The summed E-state index contributed by atoms with van der Waals surface area (Å²) in [6.07, 6.45) is 0. The second kappa shape index (κ2) is 5.54. The van der Waals surface area contributed by atoms with Crippen LogP contribution in [0.4, 0.5) is 11.4 Å². The molecule has 1 aromatic carbocycles. The van der Waals surface area contributed by atoms with E-state index in [9.17, 15) is 10.1 Å². The minimum Gasteiger partial charge on any atom is -0.370 e. The van der Waals surface area contributed by atoms with E-state index in [0.29, 0.717) is 5.69 Å². The summed E-state index contributed by atoms with van der Waals surface area (Å²) >= 11 is 7.38. The number of nitrogens with one attached hydrogen (secondary N) is 1. The predicted octanol–water partition coefficient (Wildman–Crippen LogP) is 4.19. The largest absolute Gasteiger partial charge is 0.370 e. The molecule has 0 saturated heterocycles. The number of halogens is 1. The lowest BCUT2D eigenvalue weighted by molar-refractivity contribution is -0.383. The number of aromatic nitrogens is 1. The summed E-state index contributed by atoms with van der Waals surface area (Å²) in [7, 11) is 0. The Morgan fingerprint density at radius 2 is 2.26 bits per heavy atom. The highest BCUT2D eigenvalue weighted by Crippen LogP contribution is 2.34. The molecule has 0 radical (unpaired) electrons. The van der Waals surface area contributed by atoms with Crippen molar-refractivity contribution < 1.29 is 4.92 Å². The monoisotopic (exact) mass is 297 g/mol. The number of thiazole rings is 1. The van der Waals surface area contributed by atoms with Gasteiger partial charge in [-0.05, 0) is 26.0 Å². The highest BCUT2D eigenvalue weighted by atomic mass is 35.5. The first kappa shape index (κ1) is 13.8. The number of para-hydroxylation sites is 1. The second-order valence-electron chi connectivity index (χ2n) is 4.09. The molecule has 1 heterocycles. The number of anilines is 1. The Balaban J connectivity index is 2.28. The Morgan fingerprint density at radius 3 is 2.84 bits per heavy atom. The van der Waals surface area contributed by atoms with Crippen LogP contribution in [0.2, 0.25) is 5.02 Å². The summed E-state index contributed by atoms with van der Waals surface area (Å²) < 4.78 is 0. The highest BCUT2D eigenvalue weighted by molar-refractivity contribution is 7.09. The fraction of sp³-hybridized carbons (Fsp3) is 0.250. The van der Waals surface area contributed by atoms with Crippen LogP contribution in [0.15, 0.2) is 23.6 Å². The third kappa shape index (κ3) is 3.02. The molecule has 0 aliphatic rings. The summed E-state index contributed by atoms with van der Waals surface area (Å²) in [5.74, 6) is 0. The predicted molar refractivity (Wildman–Crippen MR) is 77.0 cm³/mol. The zero-order chi connectivity index (χ0) is 14.0. The van der Waals surface area contributed by atoms with Gasteiger partial charge < -0.3 is 5.32 Å². The Hall–Kier alpha value is -1.66. The van der Waals surface area contributed by atoms with E-state index in [1.165, 1.54) is 17.4 Å². The lowest BCUT2D eigenvalue weighted by Crippen LogP contribution is -2.08. The maximum absolute atomic E-state index is 11.0. The van der Waals surface area contributed by atoms with Crippen molar-refractivity contribution in [1.29, 1.82) is 0 Å². The van der Waals surface area contributed by atoms with E-state index >= 15 is 0 Å². The maximum atomic E-state index is 11.0. The van der Waals surface area contributed by atoms with E-state index in [1.807, 2.05) is 19.2 Å². The number of aryl methyl sites for hydroxylation is 1. The minimum absolute atomic E-state index is 0.107. The summed E-state index contributed by atoms with van der Waals surface area (Å²) in [5.41, 5.74) is 1.23. The van der Waals surface area contributed by atoms with Gasteiger partial charge in [-0.25, -0.2) is 4.98 Å². The molecule has 0 saturated carbocycles. The Labute approximate surface area is 119 Å². The van der Waals surface area contributed by atoms with E-state index in [-0.39, 0.29) is 16.8 Å². The van der Waals surface area contributed by atoms with Gasteiger partial charge in [-0.3, -0.25) is 10.1 Å². The summed E-state index contributed by atoms with van der Waals surface area (Å²) in [6, 6.07) is 4.71. The van der Waals surface area contributed by atoms with E-state index in [0.717, 1.165) is 10.7 Å². The average molecular weight is 298 g/mol. The van der Waals surface area contributed by atoms with Gasteiger partial charge in [-0.15, -0.1) is 11.3 Å². The number of nitro groups is 1. The van der Waals surface area contributed by atoms with Crippen molar-refractivity contribution >= 4 is 34.3 Å². The van der Waals surface area contributed by atoms with Crippen molar-refractivity contribution in [3.63, 3.8) is 0 Å². The molecule has 0 amide bonds. The number of nitro benzene ring substituents is 1. The van der Waals surface area contributed by atoms with Crippen LogP contribution in [0.3, 0.4) is 0 Å². The van der Waals surface area contributed by atoms with E-state index in [1.54, 1.807) is 12.1 Å². The fourth-order valence-electron chi connectivity index (χ4n) is 1.68. The lowest BCUT2D eigenvalue weighted by atomic mass is 10.2. The van der Waals surface area contributed by atoms with Gasteiger partial charge >= 0.3 is 5.69 Å². The molecule has 0 aliphatic heterocycles. The van der Waals surface area contributed by atoms with Crippen molar-refractivity contribution in [3.05, 3.63) is 49.4 Å². The fourth-order valence-corrected chi connectivity index (χ4v) is 2.73. The van der Waals surface area contributed by atoms with Gasteiger partial charge in [-0.1, -0.05) is 17.7 Å². The number of rotatable bonds is 4. The van der Waals surface area contributed by atoms with Crippen molar-refractivity contribution in [2.24, 2.45) is 0 Å². The molecule has 1 unspecified atom stereocenters. The Bertz CT molecular complexity index is 615. The van der Waals surface area contributed by atoms with E-state index in [2.05, 4.69) is 10.3 Å². The molecule has 5 nitrogen and oxygen atoms in total. The number of benzene rings is 1. The summed E-state index contributed by atoms with van der Waals surface area (Å²) in [4.78, 5) is 14.9. The molecule has 0 bridgehead atoms.